The molecule has 0 aromatic heterocycles. The van der Waals surface area contributed by atoms with Crippen LogP contribution in [0.25, 0.3) is 6.08 Å². The topological polar surface area (TPSA) is 82.1 Å². The number of esters is 1. The number of amides is 2. The minimum Gasteiger partial charge on any atom is -0.493 e. The van der Waals surface area contributed by atoms with E-state index in [0.29, 0.717) is 28.2 Å². The molecule has 0 saturated carbocycles. The van der Waals surface area contributed by atoms with Gasteiger partial charge in [0.1, 0.15) is 0 Å². The summed E-state index contributed by atoms with van der Waals surface area (Å²) in [6, 6.07) is 11.7. The Morgan fingerprint density at radius 1 is 0.929 bits per heavy atom. The van der Waals surface area contributed by atoms with Crippen LogP contribution >= 0.6 is 0 Å². The Hall–Kier alpha value is -3.61. The number of imide groups is 1. The van der Waals surface area contributed by atoms with Crippen molar-refractivity contribution in [2.45, 2.75) is 0 Å². The summed E-state index contributed by atoms with van der Waals surface area (Å²) < 4.78 is 15.3. The minimum absolute atomic E-state index is 0.157. The SMILES string of the molecule is COC(=O)C(=Cc1ccc(OC)c(OC)c1)CN1C(=O)c2ccccc2C1=O. The molecule has 0 atom stereocenters. The first-order chi connectivity index (χ1) is 13.5. The highest BCUT2D eigenvalue weighted by Gasteiger charge is 2.36. The van der Waals surface area contributed by atoms with Gasteiger partial charge in [0.15, 0.2) is 11.5 Å². The number of nitrogens with zero attached hydrogens (tertiary/aromatic N) is 1. The first kappa shape index (κ1) is 19.2. The van der Waals surface area contributed by atoms with Crippen LogP contribution in [0.3, 0.4) is 0 Å². The zero-order valence-electron chi connectivity index (χ0n) is 15.7. The lowest BCUT2D eigenvalue weighted by Gasteiger charge is -2.15. The third-order valence-corrected chi connectivity index (χ3v) is 4.40. The van der Waals surface area contributed by atoms with E-state index in [0.717, 1.165) is 4.90 Å². The number of ether oxygens (including phenoxy) is 3. The van der Waals surface area contributed by atoms with Gasteiger partial charge in [0, 0.05) is 0 Å². The van der Waals surface area contributed by atoms with Gasteiger partial charge in [0.25, 0.3) is 11.8 Å². The first-order valence-electron chi connectivity index (χ1n) is 8.46. The molecule has 0 bridgehead atoms. The van der Waals surface area contributed by atoms with E-state index in [9.17, 15) is 14.4 Å². The first-order valence-corrected chi connectivity index (χ1v) is 8.46. The van der Waals surface area contributed by atoms with Crippen LogP contribution in [0, 0.1) is 0 Å². The quantitative estimate of drug-likeness (QED) is 0.435. The molecule has 1 heterocycles. The van der Waals surface area contributed by atoms with E-state index < -0.39 is 17.8 Å². The Kier molecular flexibility index (Phi) is 5.44. The van der Waals surface area contributed by atoms with Crippen molar-refractivity contribution >= 4 is 23.9 Å². The molecule has 28 heavy (non-hydrogen) atoms. The van der Waals surface area contributed by atoms with Gasteiger partial charge in [0.2, 0.25) is 0 Å². The maximum atomic E-state index is 12.6. The molecule has 7 heteroatoms. The largest absolute Gasteiger partial charge is 0.493 e. The summed E-state index contributed by atoms with van der Waals surface area (Å²) in [6.45, 7) is -0.201. The van der Waals surface area contributed by atoms with Crippen LogP contribution in [0.4, 0.5) is 0 Å². The molecule has 0 N–H and O–H groups in total. The maximum Gasteiger partial charge on any atom is 0.335 e. The van der Waals surface area contributed by atoms with Gasteiger partial charge in [-0.05, 0) is 35.9 Å². The molecule has 144 valence electrons. The number of rotatable bonds is 6. The van der Waals surface area contributed by atoms with Crippen molar-refractivity contribution in [1.29, 1.82) is 0 Å². The predicted molar refractivity (Wildman–Crippen MR) is 101 cm³/mol. The van der Waals surface area contributed by atoms with Crippen molar-refractivity contribution in [2.24, 2.45) is 0 Å². The second-order valence-corrected chi connectivity index (χ2v) is 6.02. The van der Waals surface area contributed by atoms with E-state index >= 15 is 0 Å². The van der Waals surface area contributed by atoms with Crippen molar-refractivity contribution in [1.82, 2.24) is 4.90 Å². The summed E-state index contributed by atoms with van der Waals surface area (Å²) >= 11 is 0. The van der Waals surface area contributed by atoms with Crippen molar-refractivity contribution in [2.75, 3.05) is 27.9 Å². The molecule has 0 unspecified atom stereocenters. The molecule has 2 aromatic carbocycles. The normalized spacial score (nSPS) is 13.4. The van der Waals surface area contributed by atoms with Gasteiger partial charge in [-0.2, -0.15) is 0 Å². The molecular weight excluding hydrogens is 362 g/mol. The van der Waals surface area contributed by atoms with Crippen LogP contribution in [0.2, 0.25) is 0 Å². The second kappa shape index (κ2) is 7.96. The van der Waals surface area contributed by atoms with Crippen LogP contribution in [0.1, 0.15) is 26.3 Å². The van der Waals surface area contributed by atoms with Gasteiger partial charge in [-0.15, -0.1) is 0 Å². The Morgan fingerprint density at radius 3 is 2.07 bits per heavy atom. The molecule has 3 rings (SSSR count). The van der Waals surface area contributed by atoms with E-state index in [1.807, 2.05) is 0 Å². The fourth-order valence-electron chi connectivity index (χ4n) is 3.00. The Morgan fingerprint density at radius 2 is 1.54 bits per heavy atom. The highest BCUT2D eigenvalue weighted by molar-refractivity contribution is 6.21. The zero-order chi connectivity index (χ0) is 20.3. The van der Waals surface area contributed by atoms with Gasteiger partial charge < -0.3 is 14.2 Å². The van der Waals surface area contributed by atoms with Crippen LogP contribution in [-0.4, -0.2) is 50.6 Å². The lowest BCUT2D eigenvalue weighted by atomic mass is 10.1. The summed E-state index contributed by atoms with van der Waals surface area (Å²) in [4.78, 5) is 38.5. The minimum atomic E-state index is -0.633. The smallest absolute Gasteiger partial charge is 0.335 e. The van der Waals surface area contributed by atoms with Gasteiger partial charge >= 0.3 is 5.97 Å². The summed E-state index contributed by atoms with van der Waals surface area (Å²) in [6.07, 6.45) is 1.55. The molecule has 2 aromatic rings. The summed E-state index contributed by atoms with van der Waals surface area (Å²) in [5.74, 6) is -0.488. The zero-order valence-corrected chi connectivity index (χ0v) is 15.7. The number of methoxy groups -OCH3 is 3. The van der Waals surface area contributed by atoms with Gasteiger partial charge in [0.05, 0.1) is 44.6 Å². The molecule has 2 amide bonds. The average Bonchev–Trinajstić information content (AvgIpc) is 2.97. The van der Waals surface area contributed by atoms with Gasteiger partial charge in [-0.1, -0.05) is 18.2 Å². The van der Waals surface area contributed by atoms with Crippen LogP contribution < -0.4 is 9.47 Å². The molecule has 0 fully saturated rings. The van der Waals surface area contributed by atoms with Crippen molar-refractivity contribution in [3.05, 3.63) is 64.7 Å². The number of fused-ring (bicyclic) bond motifs is 1. The van der Waals surface area contributed by atoms with E-state index in [2.05, 4.69) is 0 Å². The highest BCUT2D eigenvalue weighted by Crippen LogP contribution is 2.29. The number of hydrogen-bond donors (Lipinski definition) is 0. The van der Waals surface area contributed by atoms with E-state index in [1.54, 1.807) is 48.5 Å². The molecule has 7 nitrogen and oxygen atoms in total. The van der Waals surface area contributed by atoms with Gasteiger partial charge in [-0.3, -0.25) is 14.5 Å². The van der Waals surface area contributed by atoms with Crippen LogP contribution in [-0.2, 0) is 9.53 Å². The summed E-state index contributed by atoms with van der Waals surface area (Å²) in [5, 5.41) is 0. The summed E-state index contributed by atoms with van der Waals surface area (Å²) in [7, 11) is 4.27. The fourth-order valence-corrected chi connectivity index (χ4v) is 3.00. The van der Waals surface area contributed by atoms with Crippen LogP contribution in [0.15, 0.2) is 48.0 Å². The highest BCUT2D eigenvalue weighted by atomic mass is 16.5. The fraction of sp³-hybridized carbons (Fsp3) is 0.190. The monoisotopic (exact) mass is 381 g/mol. The van der Waals surface area contributed by atoms with Gasteiger partial charge in [-0.25, -0.2) is 4.79 Å². The lowest BCUT2D eigenvalue weighted by Crippen LogP contribution is -2.33. The maximum absolute atomic E-state index is 12.6. The Balaban J connectivity index is 1.94. The molecule has 0 spiro atoms. The Labute approximate surface area is 162 Å². The lowest BCUT2D eigenvalue weighted by molar-refractivity contribution is -0.136. The molecular formula is C21H19NO6. The molecule has 0 radical (unpaired) electrons. The van der Waals surface area contributed by atoms with E-state index in [-0.39, 0.29) is 12.1 Å². The molecule has 1 aliphatic heterocycles. The third kappa shape index (κ3) is 3.46. The molecule has 1 aliphatic rings. The standard InChI is InChI=1S/C21H19NO6/c1-26-17-9-8-13(11-18(17)27-2)10-14(21(25)28-3)12-22-19(23)15-6-4-5-7-16(15)20(22)24/h4-11H,12H2,1-3H3. The summed E-state index contributed by atoms with van der Waals surface area (Å²) in [5.41, 5.74) is 1.43. The number of carbonyl (C=O) groups is 3. The van der Waals surface area contributed by atoms with E-state index in [1.165, 1.54) is 21.3 Å². The predicted octanol–water partition coefficient (Wildman–Crippen LogP) is 2.56. The molecule has 0 saturated heterocycles. The van der Waals surface area contributed by atoms with Crippen molar-refractivity contribution in [3.8, 4) is 11.5 Å². The Bertz CT molecular complexity index is 944. The number of hydrogen-bond acceptors (Lipinski definition) is 6. The third-order valence-electron chi connectivity index (χ3n) is 4.40. The van der Waals surface area contributed by atoms with E-state index in [4.69, 9.17) is 14.2 Å². The molecule has 0 aliphatic carbocycles. The van der Waals surface area contributed by atoms with Crippen molar-refractivity contribution in [3.63, 3.8) is 0 Å². The van der Waals surface area contributed by atoms with Crippen LogP contribution in [0.5, 0.6) is 11.5 Å². The number of benzene rings is 2. The number of carbonyl (C=O) groups excluding carboxylic acids is 3. The average molecular weight is 381 g/mol. The second-order valence-electron chi connectivity index (χ2n) is 6.02. The van der Waals surface area contributed by atoms with Crippen molar-refractivity contribution < 1.29 is 28.6 Å².